The van der Waals surface area contributed by atoms with Gasteiger partial charge in [-0.05, 0) is 37.3 Å². The van der Waals surface area contributed by atoms with Crippen LogP contribution in [0.4, 0.5) is 0 Å². The fourth-order valence-corrected chi connectivity index (χ4v) is 1.02. The molecule has 0 spiro atoms. The van der Waals surface area contributed by atoms with Crippen LogP contribution in [0.2, 0.25) is 0 Å². The molecule has 1 unspecified atom stereocenters. The second kappa shape index (κ2) is 7.71. The van der Waals surface area contributed by atoms with Crippen LogP contribution < -0.4 is 0 Å². The van der Waals surface area contributed by atoms with E-state index in [0.717, 1.165) is 19.3 Å². The molecule has 0 aromatic rings. The molecule has 0 N–H and O–H groups in total. The van der Waals surface area contributed by atoms with Gasteiger partial charge < -0.3 is 0 Å². The summed E-state index contributed by atoms with van der Waals surface area (Å²) in [5, 5.41) is 2.69. The summed E-state index contributed by atoms with van der Waals surface area (Å²) in [6, 6.07) is 0. The van der Waals surface area contributed by atoms with Gasteiger partial charge >= 0.3 is 0 Å². The van der Waals surface area contributed by atoms with Gasteiger partial charge in [0.25, 0.3) is 0 Å². The molecule has 0 aliphatic carbocycles. The van der Waals surface area contributed by atoms with Crippen LogP contribution in [0.15, 0.2) is 29.1 Å². The molecule has 0 aliphatic heterocycles. The second-order valence-corrected chi connectivity index (χ2v) is 3.41. The van der Waals surface area contributed by atoms with Gasteiger partial charge in [0.2, 0.25) is 0 Å². The number of hydrogen-bond donors (Lipinski definition) is 0. The predicted octanol–water partition coefficient (Wildman–Crippen LogP) is 4.04. The Morgan fingerprint density at radius 1 is 1.54 bits per heavy atom. The van der Waals surface area contributed by atoms with Gasteiger partial charge in [0, 0.05) is 0 Å². The lowest BCUT2D eigenvalue weighted by Gasteiger charge is -2.02. The number of nitrogens with zero attached hydrogens (tertiary/aromatic N) is 1. The standard InChI is InChI=1S/C11H19NO/c1-4-10(2)6-5-7-11(3)8-9-12-13/h6,8-9,11H,4-5,7H2,1-3H3/b9-8+,10-6?. The first kappa shape index (κ1) is 12.1. The van der Waals surface area contributed by atoms with Crippen LogP contribution in [0, 0.1) is 10.8 Å². The zero-order valence-corrected chi connectivity index (χ0v) is 8.79. The molecule has 13 heavy (non-hydrogen) atoms. The Hall–Kier alpha value is -0.920. The maximum atomic E-state index is 9.79. The summed E-state index contributed by atoms with van der Waals surface area (Å²) in [4.78, 5) is 9.79. The molecule has 1 atom stereocenters. The molecule has 74 valence electrons. The van der Waals surface area contributed by atoms with E-state index >= 15 is 0 Å². The highest BCUT2D eigenvalue weighted by Crippen LogP contribution is 2.10. The molecule has 0 amide bonds. The smallest absolute Gasteiger partial charge is 0.0677 e. The normalized spacial score (nSPS) is 14.8. The highest BCUT2D eigenvalue weighted by molar-refractivity contribution is 4.97. The molecule has 0 aromatic heterocycles. The second-order valence-electron chi connectivity index (χ2n) is 3.41. The number of allylic oxidation sites excluding steroid dienone is 3. The van der Waals surface area contributed by atoms with Gasteiger partial charge in [-0.1, -0.05) is 31.6 Å². The van der Waals surface area contributed by atoms with Crippen molar-refractivity contribution in [2.45, 2.75) is 40.0 Å². The third-order valence-electron chi connectivity index (χ3n) is 2.15. The van der Waals surface area contributed by atoms with E-state index in [0.29, 0.717) is 5.92 Å². The average molecular weight is 181 g/mol. The maximum Gasteiger partial charge on any atom is 0.0677 e. The summed E-state index contributed by atoms with van der Waals surface area (Å²) in [7, 11) is 0. The van der Waals surface area contributed by atoms with Crippen molar-refractivity contribution in [3.63, 3.8) is 0 Å². The topological polar surface area (TPSA) is 29.4 Å². The lowest BCUT2D eigenvalue weighted by atomic mass is 10.0. The monoisotopic (exact) mass is 181 g/mol. The van der Waals surface area contributed by atoms with E-state index in [9.17, 15) is 4.91 Å². The van der Waals surface area contributed by atoms with Crippen molar-refractivity contribution in [1.29, 1.82) is 0 Å². The molecular formula is C11H19NO. The Balaban J connectivity index is 3.64. The van der Waals surface area contributed by atoms with E-state index in [1.807, 2.05) is 6.08 Å². The quantitative estimate of drug-likeness (QED) is 0.449. The van der Waals surface area contributed by atoms with Crippen LogP contribution in [0.1, 0.15) is 40.0 Å². The van der Waals surface area contributed by atoms with Gasteiger partial charge in [-0.15, -0.1) is 4.91 Å². The average Bonchev–Trinajstić information content (AvgIpc) is 2.14. The van der Waals surface area contributed by atoms with E-state index < -0.39 is 0 Å². The Labute approximate surface area is 80.7 Å². The zero-order valence-electron chi connectivity index (χ0n) is 8.79. The van der Waals surface area contributed by atoms with Crippen LogP contribution >= 0.6 is 0 Å². The van der Waals surface area contributed by atoms with Crippen LogP contribution in [0.5, 0.6) is 0 Å². The summed E-state index contributed by atoms with van der Waals surface area (Å²) in [6.45, 7) is 6.40. The van der Waals surface area contributed by atoms with Crippen LogP contribution in [0.3, 0.4) is 0 Å². The van der Waals surface area contributed by atoms with Crippen molar-refractivity contribution in [2.75, 3.05) is 0 Å². The van der Waals surface area contributed by atoms with Gasteiger partial charge in [0.1, 0.15) is 0 Å². The molecule has 2 nitrogen and oxygen atoms in total. The number of nitroso groups, excluding NO2 is 1. The lowest BCUT2D eigenvalue weighted by Crippen LogP contribution is -1.87. The third kappa shape index (κ3) is 7.44. The molecular weight excluding hydrogens is 162 g/mol. The van der Waals surface area contributed by atoms with Gasteiger partial charge in [0.15, 0.2) is 0 Å². The van der Waals surface area contributed by atoms with Crippen molar-refractivity contribution >= 4 is 0 Å². The lowest BCUT2D eigenvalue weighted by molar-refractivity contribution is 0.654. The van der Waals surface area contributed by atoms with Gasteiger partial charge in [-0.25, -0.2) is 0 Å². The highest BCUT2D eigenvalue weighted by Gasteiger charge is 1.94. The van der Waals surface area contributed by atoms with E-state index in [1.165, 1.54) is 11.8 Å². The molecule has 0 radical (unpaired) electrons. The van der Waals surface area contributed by atoms with E-state index in [1.54, 1.807) is 0 Å². The molecule has 0 saturated heterocycles. The summed E-state index contributed by atoms with van der Waals surface area (Å²) in [5.74, 6) is 0.443. The van der Waals surface area contributed by atoms with Crippen molar-refractivity contribution in [1.82, 2.24) is 0 Å². The first-order valence-electron chi connectivity index (χ1n) is 4.85. The van der Waals surface area contributed by atoms with Crippen molar-refractivity contribution < 1.29 is 0 Å². The Bertz CT molecular complexity index is 194. The van der Waals surface area contributed by atoms with Crippen molar-refractivity contribution in [2.24, 2.45) is 11.1 Å². The summed E-state index contributed by atoms with van der Waals surface area (Å²) >= 11 is 0. The SMILES string of the molecule is CCC(C)=CCCC(C)/C=C/N=O. The van der Waals surface area contributed by atoms with E-state index in [4.69, 9.17) is 0 Å². The molecule has 0 heterocycles. The van der Waals surface area contributed by atoms with Crippen LogP contribution in [0.25, 0.3) is 0 Å². The minimum Gasteiger partial charge on any atom is -0.145 e. The van der Waals surface area contributed by atoms with Gasteiger partial charge in [-0.3, -0.25) is 0 Å². The largest absolute Gasteiger partial charge is 0.145 e. The Morgan fingerprint density at radius 2 is 2.23 bits per heavy atom. The Kier molecular flexibility index (Phi) is 7.17. The molecule has 0 bridgehead atoms. The molecule has 0 aliphatic rings. The third-order valence-corrected chi connectivity index (χ3v) is 2.15. The summed E-state index contributed by atoms with van der Waals surface area (Å²) in [5.41, 5.74) is 1.43. The molecule has 0 fully saturated rings. The van der Waals surface area contributed by atoms with Crippen LogP contribution in [-0.2, 0) is 0 Å². The first-order chi connectivity index (χ1) is 6.20. The Morgan fingerprint density at radius 3 is 2.77 bits per heavy atom. The minimum absolute atomic E-state index is 0.443. The summed E-state index contributed by atoms with van der Waals surface area (Å²) in [6.07, 6.45) is 8.75. The fourth-order valence-electron chi connectivity index (χ4n) is 1.02. The van der Waals surface area contributed by atoms with Crippen LogP contribution in [-0.4, -0.2) is 0 Å². The molecule has 0 rings (SSSR count). The van der Waals surface area contributed by atoms with Gasteiger partial charge in [-0.2, -0.15) is 0 Å². The van der Waals surface area contributed by atoms with E-state index in [-0.39, 0.29) is 0 Å². The molecule has 0 aromatic carbocycles. The number of hydrogen-bond acceptors (Lipinski definition) is 2. The van der Waals surface area contributed by atoms with Crippen molar-refractivity contribution in [3.8, 4) is 0 Å². The maximum absolute atomic E-state index is 9.79. The highest BCUT2D eigenvalue weighted by atomic mass is 16.2. The summed E-state index contributed by atoms with van der Waals surface area (Å²) < 4.78 is 0. The van der Waals surface area contributed by atoms with Crippen molar-refractivity contribution in [3.05, 3.63) is 28.8 Å². The molecule has 2 heteroatoms. The van der Waals surface area contributed by atoms with E-state index in [2.05, 4.69) is 32.0 Å². The minimum atomic E-state index is 0.443. The van der Waals surface area contributed by atoms with Gasteiger partial charge in [0.05, 0.1) is 6.20 Å². The fraction of sp³-hybridized carbons (Fsp3) is 0.636. The number of rotatable bonds is 6. The molecule has 0 saturated carbocycles. The first-order valence-corrected chi connectivity index (χ1v) is 4.85. The predicted molar refractivity (Wildman–Crippen MR) is 57.4 cm³/mol. The zero-order chi connectivity index (χ0) is 10.1.